The fourth-order valence-corrected chi connectivity index (χ4v) is 0.684. The lowest BCUT2D eigenvalue weighted by Gasteiger charge is -2.22. The van der Waals surface area contributed by atoms with Crippen LogP contribution in [-0.4, -0.2) is 27.9 Å². The molecule has 0 aromatic rings. The molecule has 0 heterocycles. The highest BCUT2D eigenvalue weighted by molar-refractivity contribution is 7.85. The number of ether oxygens (including phenoxy) is 1. The smallest absolute Gasteiger partial charge is 0.0636 e. The largest absolute Gasteiger partial charge is 0.377 e. The second kappa shape index (κ2) is 4.21. The molecule has 0 radical (unpaired) electrons. The Labute approximate surface area is 71.8 Å². The molecule has 0 spiro atoms. The first-order valence-corrected chi connectivity index (χ1v) is 5.37. The molecule has 0 saturated carbocycles. The van der Waals surface area contributed by atoms with Crippen molar-refractivity contribution in [3.8, 4) is 0 Å². The van der Waals surface area contributed by atoms with Gasteiger partial charge in [-0.1, -0.05) is 0 Å². The molecule has 0 N–H and O–H groups in total. The summed E-state index contributed by atoms with van der Waals surface area (Å²) in [5, 5.41) is 0. The highest BCUT2D eigenvalue weighted by Crippen LogP contribution is 2.12. The van der Waals surface area contributed by atoms with Crippen molar-refractivity contribution < 1.29 is 8.95 Å². The quantitative estimate of drug-likeness (QED) is 0.653. The average Bonchev–Trinajstić information content (AvgIpc) is 1.84. The van der Waals surface area contributed by atoms with E-state index in [0.29, 0.717) is 6.61 Å². The molecule has 0 aliphatic rings. The summed E-state index contributed by atoms with van der Waals surface area (Å²) in [6.45, 7) is 8.42. The second-order valence-corrected chi connectivity index (χ2v) is 5.59. The molecule has 0 saturated heterocycles. The van der Waals surface area contributed by atoms with Gasteiger partial charge in [-0.25, -0.2) is 0 Å². The zero-order valence-electron chi connectivity index (χ0n) is 8.01. The fourth-order valence-electron chi connectivity index (χ4n) is 0.450. The Morgan fingerprint density at radius 1 is 1.45 bits per heavy atom. The van der Waals surface area contributed by atoms with E-state index in [2.05, 4.69) is 0 Å². The van der Waals surface area contributed by atoms with Crippen molar-refractivity contribution in [3.63, 3.8) is 0 Å². The summed E-state index contributed by atoms with van der Waals surface area (Å²) in [7, 11) is -0.817. The van der Waals surface area contributed by atoms with Crippen LogP contribution in [0.3, 0.4) is 0 Å². The van der Waals surface area contributed by atoms with E-state index in [4.69, 9.17) is 4.74 Å². The van der Waals surface area contributed by atoms with E-state index in [9.17, 15) is 4.21 Å². The van der Waals surface area contributed by atoms with Crippen molar-refractivity contribution >= 4 is 10.8 Å². The Kier molecular flexibility index (Phi) is 4.26. The minimum absolute atomic E-state index is 0.218. The molecule has 2 nitrogen and oxygen atoms in total. The molecule has 0 fully saturated rings. The van der Waals surface area contributed by atoms with Crippen LogP contribution in [0, 0.1) is 0 Å². The van der Waals surface area contributed by atoms with Gasteiger partial charge in [0.1, 0.15) is 0 Å². The van der Waals surface area contributed by atoms with Crippen LogP contribution in [0.5, 0.6) is 0 Å². The van der Waals surface area contributed by atoms with Gasteiger partial charge in [0.2, 0.25) is 0 Å². The Morgan fingerprint density at radius 2 is 1.91 bits per heavy atom. The maximum absolute atomic E-state index is 11.1. The van der Waals surface area contributed by atoms with Gasteiger partial charge >= 0.3 is 0 Å². The lowest BCUT2D eigenvalue weighted by molar-refractivity contribution is 0.0663. The summed E-state index contributed by atoms with van der Waals surface area (Å²) in [6, 6.07) is 0. The van der Waals surface area contributed by atoms with Gasteiger partial charge in [-0.15, -0.1) is 0 Å². The van der Waals surface area contributed by atoms with E-state index in [1.165, 1.54) is 0 Å². The van der Waals surface area contributed by atoms with Gasteiger partial charge in [0, 0.05) is 17.1 Å². The van der Waals surface area contributed by atoms with Crippen LogP contribution >= 0.6 is 0 Å². The summed E-state index contributed by atoms with van der Waals surface area (Å²) in [6.07, 6.45) is 1.93. The maximum atomic E-state index is 11.1. The zero-order chi connectivity index (χ0) is 9.07. The summed E-state index contributed by atoms with van der Waals surface area (Å²) < 4.78 is 16.3. The van der Waals surface area contributed by atoms with Gasteiger partial charge in [-0.3, -0.25) is 4.21 Å². The van der Waals surface area contributed by atoms with Gasteiger partial charge in [-0.2, -0.15) is 0 Å². The standard InChI is InChI=1S/C8H18O2S/c1-7(2)10-6-8(3,4)11(5)9/h7H,6H2,1-5H3. The lowest BCUT2D eigenvalue weighted by atomic mass is 10.2. The highest BCUT2D eigenvalue weighted by atomic mass is 32.2. The predicted octanol–water partition coefficient (Wildman–Crippen LogP) is 1.57. The fraction of sp³-hybridized carbons (Fsp3) is 1.00. The molecule has 0 amide bonds. The van der Waals surface area contributed by atoms with Crippen LogP contribution in [-0.2, 0) is 15.5 Å². The van der Waals surface area contributed by atoms with Crippen molar-refractivity contribution in [2.75, 3.05) is 12.9 Å². The number of rotatable bonds is 4. The Bertz CT molecular complexity index is 141. The first-order chi connectivity index (χ1) is 4.86. The molecular formula is C8H18O2S. The highest BCUT2D eigenvalue weighted by Gasteiger charge is 2.22. The molecule has 0 aromatic heterocycles. The molecule has 0 aliphatic carbocycles. The molecule has 1 atom stereocenters. The minimum Gasteiger partial charge on any atom is -0.377 e. The van der Waals surface area contributed by atoms with E-state index in [1.54, 1.807) is 6.26 Å². The van der Waals surface area contributed by atoms with Crippen molar-refractivity contribution in [2.45, 2.75) is 38.5 Å². The second-order valence-electron chi connectivity index (χ2n) is 3.57. The Hall–Kier alpha value is 0.110. The normalized spacial score (nSPS) is 15.5. The maximum Gasteiger partial charge on any atom is 0.0636 e. The van der Waals surface area contributed by atoms with Crippen LogP contribution in [0.25, 0.3) is 0 Å². The molecule has 3 heteroatoms. The van der Waals surface area contributed by atoms with Gasteiger partial charge in [-0.05, 0) is 27.7 Å². The molecule has 1 unspecified atom stereocenters. The van der Waals surface area contributed by atoms with Crippen LogP contribution < -0.4 is 0 Å². The predicted molar refractivity (Wildman–Crippen MR) is 49.2 cm³/mol. The van der Waals surface area contributed by atoms with E-state index < -0.39 is 10.8 Å². The van der Waals surface area contributed by atoms with Crippen molar-refractivity contribution in [3.05, 3.63) is 0 Å². The monoisotopic (exact) mass is 178 g/mol. The van der Waals surface area contributed by atoms with E-state index in [0.717, 1.165) is 0 Å². The number of hydrogen-bond donors (Lipinski definition) is 0. The van der Waals surface area contributed by atoms with E-state index in [1.807, 2.05) is 27.7 Å². The van der Waals surface area contributed by atoms with Crippen LogP contribution in [0.4, 0.5) is 0 Å². The molecule has 0 rings (SSSR count). The van der Waals surface area contributed by atoms with Crippen molar-refractivity contribution in [1.82, 2.24) is 0 Å². The zero-order valence-corrected chi connectivity index (χ0v) is 8.83. The van der Waals surface area contributed by atoms with E-state index in [-0.39, 0.29) is 10.9 Å². The molecule has 11 heavy (non-hydrogen) atoms. The topological polar surface area (TPSA) is 26.3 Å². The third kappa shape index (κ3) is 4.53. The SMILES string of the molecule is CC(C)OCC(C)(C)S(C)=O. The lowest BCUT2D eigenvalue weighted by Crippen LogP contribution is -2.33. The first-order valence-electron chi connectivity index (χ1n) is 3.81. The molecule has 0 bridgehead atoms. The minimum atomic E-state index is -0.817. The van der Waals surface area contributed by atoms with Gasteiger partial charge in [0.25, 0.3) is 0 Å². The van der Waals surface area contributed by atoms with Crippen molar-refractivity contribution in [2.24, 2.45) is 0 Å². The third-order valence-corrected chi connectivity index (χ3v) is 3.22. The van der Waals surface area contributed by atoms with Gasteiger partial charge in [0.15, 0.2) is 0 Å². The third-order valence-electron chi connectivity index (χ3n) is 1.54. The van der Waals surface area contributed by atoms with E-state index >= 15 is 0 Å². The summed E-state index contributed by atoms with van der Waals surface area (Å²) in [5.41, 5.74) is 0. The van der Waals surface area contributed by atoms with Crippen molar-refractivity contribution in [1.29, 1.82) is 0 Å². The molecular weight excluding hydrogens is 160 g/mol. The summed E-state index contributed by atoms with van der Waals surface area (Å²) in [4.78, 5) is 0. The summed E-state index contributed by atoms with van der Waals surface area (Å²) in [5.74, 6) is 0. The summed E-state index contributed by atoms with van der Waals surface area (Å²) >= 11 is 0. The number of hydrogen-bond acceptors (Lipinski definition) is 2. The van der Waals surface area contributed by atoms with Gasteiger partial charge < -0.3 is 4.74 Å². The first kappa shape index (κ1) is 11.1. The van der Waals surface area contributed by atoms with Crippen LogP contribution in [0.2, 0.25) is 0 Å². The van der Waals surface area contributed by atoms with Crippen LogP contribution in [0.15, 0.2) is 0 Å². The molecule has 68 valence electrons. The van der Waals surface area contributed by atoms with Gasteiger partial charge in [0.05, 0.1) is 17.5 Å². The molecule has 0 aliphatic heterocycles. The Morgan fingerprint density at radius 3 is 2.18 bits per heavy atom. The average molecular weight is 178 g/mol. The molecule has 0 aromatic carbocycles. The van der Waals surface area contributed by atoms with Crippen LogP contribution in [0.1, 0.15) is 27.7 Å². The Balaban J connectivity index is 3.83.